The van der Waals surface area contributed by atoms with Gasteiger partial charge in [-0.15, -0.1) is 0 Å². The van der Waals surface area contributed by atoms with Crippen molar-refractivity contribution in [2.45, 2.75) is 40.7 Å². The van der Waals surface area contributed by atoms with Crippen LogP contribution in [0.5, 0.6) is 0 Å². The number of amides is 2. The molecule has 18 heavy (non-hydrogen) atoms. The van der Waals surface area contributed by atoms with E-state index in [1.54, 1.807) is 11.8 Å². The lowest BCUT2D eigenvalue weighted by molar-refractivity contribution is -0.136. The number of carbonyl (C=O) groups is 2. The van der Waals surface area contributed by atoms with Gasteiger partial charge in [0.05, 0.1) is 0 Å². The molecule has 0 fully saturated rings. The van der Waals surface area contributed by atoms with Crippen molar-refractivity contribution in [3.05, 3.63) is 0 Å². The largest absolute Gasteiger partial charge is 0.344 e. The van der Waals surface area contributed by atoms with Crippen LogP contribution in [0.1, 0.15) is 34.6 Å². The maximum Gasteiger partial charge on any atom is 0.244 e. The first-order valence-electron chi connectivity index (χ1n) is 6.77. The first-order chi connectivity index (χ1) is 8.47. The van der Waals surface area contributed by atoms with Crippen LogP contribution < -0.4 is 10.6 Å². The molecule has 0 aromatic rings. The van der Waals surface area contributed by atoms with Gasteiger partial charge >= 0.3 is 0 Å². The van der Waals surface area contributed by atoms with E-state index in [4.69, 9.17) is 0 Å². The van der Waals surface area contributed by atoms with E-state index in [1.807, 2.05) is 27.7 Å². The number of likely N-dealkylation sites (N-methyl/N-ethyl adjacent to an activating group) is 1. The zero-order chi connectivity index (χ0) is 14.1. The van der Waals surface area contributed by atoms with Crippen LogP contribution in [0.3, 0.4) is 0 Å². The Hall–Kier alpha value is -1.10. The zero-order valence-corrected chi connectivity index (χ0v) is 12.2. The van der Waals surface area contributed by atoms with E-state index in [9.17, 15) is 9.59 Å². The highest BCUT2D eigenvalue weighted by Crippen LogP contribution is 1.98. The normalized spacial score (nSPS) is 13.8. The summed E-state index contributed by atoms with van der Waals surface area (Å²) in [4.78, 5) is 25.5. The summed E-state index contributed by atoms with van der Waals surface area (Å²) in [5.74, 6) is -0.232. The monoisotopic (exact) mass is 257 g/mol. The molecule has 0 aromatic heterocycles. The van der Waals surface area contributed by atoms with E-state index in [1.165, 1.54) is 0 Å². The molecule has 0 aliphatic carbocycles. The Kier molecular flexibility index (Phi) is 8.37. The van der Waals surface area contributed by atoms with E-state index in [2.05, 4.69) is 10.6 Å². The Morgan fingerprint density at radius 2 is 1.67 bits per heavy atom. The summed E-state index contributed by atoms with van der Waals surface area (Å²) >= 11 is 0. The molecule has 2 N–H and O–H groups in total. The fourth-order valence-corrected chi connectivity index (χ4v) is 1.68. The molecule has 0 bridgehead atoms. The molecule has 0 spiro atoms. The third-order valence-electron chi connectivity index (χ3n) is 2.95. The summed E-state index contributed by atoms with van der Waals surface area (Å²) in [5.41, 5.74) is 0. The third-order valence-corrected chi connectivity index (χ3v) is 2.95. The van der Waals surface area contributed by atoms with Crippen molar-refractivity contribution in [2.24, 2.45) is 5.92 Å². The smallest absolute Gasteiger partial charge is 0.244 e. The van der Waals surface area contributed by atoms with E-state index in [0.29, 0.717) is 19.6 Å². The molecule has 0 radical (unpaired) electrons. The molecule has 2 atom stereocenters. The topological polar surface area (TPSA) is 61.4 Å². The van der Waals surface area contributed by atoms with Crippen molar-refractivity contribution in [1.82, 2.24) is 15.5 Å². The van der Waals surface area contributed by atoms with Crippen molar-refractivity contribution in [1.29, 1.82) is 0 Å². The van der Waals surface area contributed by atoms with Gasteiger partial charge in [-0.1, -0.05) is 13.8 Å². The summed E-state index contributed by atoms with van der Waals surface area (Å²) in [6, 6.07) is -0.457. The fraction of sp³-hybridized carbons (Fsp3) is 0.846. The molecule has 0 saturated carbocycles. The number of hydrogen-bond acceptors (Lipinski definition) is 3. The third kappa shape index (κ3) is 5.49. The van der Waals surface area contributed by atoms with Crippen molar-refractivity contribution in [2.75, 3.05) is 26.2 Å². The van der Waals surface area contributed by atoms with Crippen LogP contribution in [-0.4, -0.2) is 48.9 Å². The van der Waals surface area contributed by atoms with Gasteiger partial charge in [0.2, 0.25) is 11.8 Å². The second-order valence-corrected chi connectivity index (χ2v) is 4.45. The molecule has 0 rings (SSSR count). The Balaban J connectivity index is 4.25. The number of nitrogens with one attached hydrogen (secondary N) is 2. The first kappa shape index (κ1) is 16.9. The van der Waals surface area contributed by atoms with E-state index >= 15 is 0 Å². The SMILES string of the molecule is CCNCC(C)C(=O)NC(C)C(=O)N(CC)CC. The van der Waals surface area contributed by atoms with E-state index < -0.39 is 6.04 Å². The molecule has 0 saturated heterocycles. The van der Waals surface area contributed by atoms with Crippen LogP contribution in [0.25, 0.3) is 0 Å². The average Bonchev–Trinajstić information content (AvgIpc) is 2.36. The summed E-state index contributed by atoms with van der Waals surface area (Å²) in [5, 5.41) is 5.89. The van der Waals surface area contributed by atoms with Crippen molar-refractivity contribution in [3.8, 4) is 0 Å². The number of rotatable bonds is 8. The van der Waals surface area contributed by atoms with Crippen LogP contribution in [-0.2, 0) is 9.59 Å². The predicted molar refractivity (Wildman–Crippen MR) is 73.2 cm³/mol. The lowest BCUT2D eigenvalue weighted by Crippen LogP contribution is -2.49. The van der Waals surface area contributed by atoms with E-state index in [0.717, 1.165) is 6.54 Å². The molecule has 0 aliphatic heterocycles. The number of nitrogens with zero attached hydrogens (tertiary/aromatic N) is 1. The highest BCUT2D eigenvalue weighted by Gasteiger charge is 2.22. The molecule has 0 heterocycles. The quantitative estimate of drug-likeness (QED) is 0.669. The summed E-state index contributed by atoms with van der Waals surface area (Å²) in [6.07, 6.45) is 0. The van der Waals surface area contributed by atoms with Crippen molar-refractivity contribution in [3.63, 3.8) is 0 Å². The van der Waals surface area contributed by atoms with Gasteiger partial charge in [0.1, 0.15) is 6.04 Å². The molecule has 106 valence electrons. The maximum absolute atomic E-state index is 12.0. The summed E-state index contributed by atoms with van der Waals surface area (Å²) in [6.45, 7) is 12.3. The fourth-order valence-electron chi connectivity index (χ4n) is 1.68. The Labute approximate surface area is 110 Å². The second kappa shape index (κ2) is 8.91. The molecule has 2 unspecified atom stereocenters. The molecule has 0 aromatic carbocycles. The maximum atomic E-state index is 12.0. The molecular formula is C13H27N3O2. The van der Waals surface area contributed by atoms with Gasteiger partial charge in [-0.2, -0.15) is 0 Å². The highest BCUT2D eigenvalue weighted by molar-refractivity contribution is 5.88. The Bertz CT molecular complexity index is 265. The molecule has 5 heteroatoms. The molecule has 0 aliphatic rings. The van der Waals surface area contributed by atoms with Gasteiger partial charge in [-0.3, -0.25) is 9.59 Å². The standard InChI is InChI=1S/C13H27N3O2/c1-6-14-9-10(4)12(17)15-11(5)13(18)16(7-2)8-3/h10-11,14H,6-9H2,1-5H3,(H,15,17). The van der Waals surface area contributed by atoms with Crippen LogP contribution in [0.15, 0.2) is 0 Å². The minimum absolute atomic E-state index is 0.0241. The van der Waals surface area contributed by atoms with E-state index in [-0.39, 0.29) is 17.7 Å². The average molecular weight is 257 g/mol. The number of carbonyl (C=O) groups excluding carboxylic acids is 2. The first-order valence-corrected chi connectivity index (χ1v) is 6.77. The predicted octanol–water partition coefficient (Wildman–Crippen LogP) is 0.605. The lowest BCUT2D eigenvalue weighted by atomic mass is 10.1. The van der Waals surface area contributed by atoms with Gasteiger partial charge < -0.3 is 15.5 Å². The highest BCUT2D eigenvalue weighted by atomic mass is 16.2. The van der Waals surface area contributed by atoms with Gasteiger partial charge in [-0.05, 0) is 27.3 Å². The van der Waals surface area contributed by atoms with Crippen LogP contribution in [0.2, 0.25) is 0 Å². The summed E-state index contributed by atoms with van der Waals surface area (Å²) < 4.78 is 0. The lowest BCUT2D eigenvalue weighted by Gasteiger charge is -2.24. The molecule has 2 amide bonds. The van der Waals surface area contributed by atoms with Gasteiger partial charge in [0.15, 0.2) is 0 Å². The molecule has 5 nitrogen and oxygen atoms in total. The minimum Gasteiger partial charge on any atom is -0.344 e. The van der Waals surface area contributed by atoms with Crippen molar-refractivity contribution < 1.29 is 9.59 Å². The Morgan fingerprint density at radius 1 is 1.11 bits per heavy atom. The van der Waals surface area contributed by atoms with Crippen LogP contribution >= 0.6 is 0 Å². The van der Waals surface area contributed by atoms with Crippen molar-refractivity contribution >= 4 is 11.8 Å². The minimum atomic E-state index is -0.457. The number of hydrogen-bond donors (Lipinski definition) is 2. The van der Waals surface area contributed by atoms with Gasteiger partial charge in [-0.25, -0.2) is 0 Å². The second-order valence-electron chi connectivity index (χ2n) is 4.45. The Morgan fingerprint density at radius 3 is 2.11 bits per heavy atom. The molecular weight excluding hydrogens is 230 g/mol. The van der Waals surface area contributed by atoms with Crippen LogP contribution in [0, 0.1) is 5.92 Å². The van der Waals surface area contributed by atoms with Crippen LogP contribution in [0.4, 0.5) is 0 Å². The van der Waals surface area contributed by atoms with Gasteiger partial charge in [0, 0.05) is 25.6 Å². The van der Waals surface area contributed by atoms with Gasteiger partial charge in [0.25, 0.3) is 0 Å². The summed E-state index contributed by atoms with van der Waals surface area (Å²) in [7, 11) is 0. The zero-order valence-electron chi connectivity index (χ0n) is 12.2.